The number of hydrogen-bond donors (Lipinski definition) is 1. The second-order valence-electron chi connectivity index (χ2n) is 6.74. The minimum absolute atomic E-state index is 0.0920. The van der Waals surface area contributed by atoms with Gasteiger partial charge in [0.1, 0.15) is 0 Å². The van der Waals surface area contributed by atoms with Crippen LogP contribution in [0.5, 0.6) is 0 Å². The molecule has 0 fully saturated rings. The van der Waals surface area contributed by atoms with E-state index in [1.807, 2.05) is 30.5 Å². The number of aryl methyl sites for hydroxylation is 2. The Morgan fingerprint density at radius 2 is 1.93 bits per heavy atom. The van der Waals surface area contributed by atoms with Gasteiger partial charge in [0, 0.05) is 18.0 Å². The van der Waals surface area contributed by atoms with Crippen molar-refractivity contribution in [1.82, 2.24) is 19.6 Å². The van der Waals surface area contributed by atoms with Crippen molar-refractivity contribution >= 4 is 34.1 Å². The summed E-state index contributed by atoms with van der Waals surface area (Å²) in [4.78, 5) is 12.3. The lowest BCUT2D eigenvalue weighted by Crippen LogP contribution is -2.14. The van der Waals surface area contributed by atoms with E-state index in [9.17, 15) is 4.79 Å². The Morgan fingerprint density at radius 1 is 1.14 bits per heavy atom. The van der Waals surface area contributed by atoms with Gasteiger partial charge in [-0.05, 0) is 24.6 Å². The summed E-state index contributed by atoms with van der Waals surface area (Å²) in [5.41, 5.74) is 3.99. The third kappa shape index (κ3) is 4.07. The number of anilines is 1. The Hall–Kier alpha value is -3.12. The minimum Gasteiger partial charge on any atom is -0.323 e. The van der Waals surface area contributed by atoms with E-state index in [1.165, 1.54) is 5.56 Å². The second-order valence-corrected chi connectivity index (χ2v) is 7.10. The molecular formula is C21H20ClN5O. The molecule has 6 nitrogen and oxygen atoms in total. The largest absolute Gasteiger partial charge is 0.323 e. The van der Waals surface area contributed by atoms with Gasteiger partial charge in [-0.2, -0.15) is 10.2 Å². The van der Waals surface area contributed by atoms with Crippen LogP contribution in [0.25, 0.3) is 10.9 Å². The van der Waals surface area contributed by atoms with Crippen LogP contribution in [-0.2, 0) is 17.9 Å². The van der Waals surface area contributed by atoms with Gasteiger partial charge in [-0.15, -0.1) is 0 Å². The molecule has 0 aliphatic heterocycles. The molecule has 0 radical (unpaired) electrons. The van der Waals surface area contributed by atoms with Crippen LogP contribution in [0.3, 0.4) is 0 Å². The summed E-state index contributed by atoms with van der Waals surface area (Å²) in [5, 5.41) is 12.9. The molecule has 142 valence electrons. The lowest BCUT2D eigenvalue weighted by atomic mass is 10.1. The summed E-state index contributed by atoms with van der Waals surface area (Å²) in [5.74, 6) is -0.0920. The maximum absolute atomic E-state index is 12.3. The zero-order valence-corrected chi connectivity index (χ0v) is 16.2. The van der Waals surface area contributed by atoms with E-state index >= 15 is 0 Å². The minimum atomic E-state index is -0.0920. The molecule has 1 N–H and O–H groups in total. The zero-order valence-electron chi connectivity index (χ0n) is 15.5. The fourth-order valence-corrected chi connectivity index (χ4v) is 3.33. The number of carbonyl (C=O) groups is 1. The van der Waals surface area contributed by atoms with Crippen LogP contribution in [0.15, 0.2) is 60.9 Å². The molecule has 4 aromatic rings. The Balaban J connectivity index is 1.35. The number of nitrogens with one attached hydrogen (secondary N) is 1. The van der Waals surface area contributed by atoms with Crippen LogP contribution in [0, 0.1) is 6.92 Å². The fourth-order valence-electron chi connectivity index (χ4n) is 3.08. The highest BCUT2D eigenvalue weighted by atomic mass is 35.5. The van der Waals surface area contributed by atoms with Gasteiger partial charge >= 0.3 is 0 Å². The van der Waals surface area contributed by atoms with Crippen molar-refractivity contribution in [3.05, 3.63) is 77.2 Å². The first kappa shape index (κ1) is 18.3. The SMILES string of the molecule is Cc1ccc(Cn2cc(NC(=O)CCn3nc(Cl)c4ccccc43)cn2)cc1. The number of fused-ring (bicyclic) bond motifs is 1. The summed E-state index contributed by atoms with van der Waals surface area (Å²) in [6.45, 7) is 3.18. The normalized spacial score (nSPS) is 11.1. The number of nitrogens with zero attached hydrogens (tertiary/aromatic N) is 4. The molecule has 2 heterocycles. The van der Waals surface area contributed by atoms with Gasteiger partial charge in [-0.1, -0.05) is 53.6 Å². The second kappa shape index (κ2) is 7.86. The third-order valence-corrected chi connectivity index (χ3v) is 4.82. The molecule has 2 aromatic heterocycles. The van der Waals surface area contributed by atoms with Crippen molar-refractivity contribution < 1.29 is 4.79 Å². The molecule has 2 aromatic carbocycles. The predicted octanol–water partition coefficient (Wildman–Crippen LogP) is 4.27. The molecule has 0 aliphatic carbocycles. The van der Waals surface area contributed by atoms with Gasteiger partial charge in [0.25, 0.3) is 0 Å². The third-order valence-electron chi connectivity index (χ3n) is 4.55. The smallest absolute Gasteiger partial charge is 0.226 e. The molecule has 4 rings (SSSR count). The molecule has 1 amide bonds. The van der Waals surface area contributed by atoms with Gasteiger partial charge in [-0.3, -0.25) is 14.2 Å². The van der Waals surface area contributed by atoms with E-state index in [1.54, 1.807) is 15.6 Å². The van der Waals surface area contributed by atoms with Crippen LogP contribution >= 0.6 is 11.6 Å². The molecule has 0 bridgehead atoms. The molecule has 0 saturated carbocycles. The van der Waals surface area contributed by atoms with Crippen LogP contribution < -0.4 is 5.32 Å². The molecule has 0 aliphatic rings. The van der Waals surface area contributed by atoms with Crippen LogP contribution in [0.4, 0.5) is 5.69 Å². The molecule has 0 unspecified atom stereocenters. The maximum atomic E-state index is 12.3. The van der Waals surface area contributed by atoms with Crippen LogP contribution in [-0.4, -0.2) is 25.5 Å². The van der Waals surface area contributed by atoms with Gasteiger partial charge in [-0.25, -0.2) is 0 Å². The number of benzene rings is 2. The summed E-state index contributed by atoms with van der Waals surface area (Å²) in [6.07, 6.45) is 3.79. The quantitative estimate of drug-likeness (QED) is 0.532. The van der Waals surface area contributed by atoms with E-state index in [0.29, 0.717) is 30.4 Å². The van der Waals surface area contributed by atoms with E-state index in [0.717, 1.165) is 16.5 Å². The number of carbonyl (C=O) groups excluding carboxylic acids is 1. The molecule has 0 atom stereocenters. The van der Waals surface area contributed by atoms with E-state index in [4.69, 9.17) is 11.6 Å². The van der Waals surface area contributed by atoms with Crippen molar-refractivity contribution in [3.63, 3.8) is 0 Å². The van der Waals surface area contributed by atoms with Gasteiger partial charge < -0.3 is 5.32 Å². The van der Waals surface area contributed by atoms with Crippen molar-refractivity contribution in [2.75, 3.05) is 5.32 Å². The van der Waals surface area contributed by atoms with Crippen molar-refractivity contribution in [1.29, 1.82) is 0 Å². The van der Waals surface area contributed by atoms with Crippen LogP contribution in [0.1, 0.15) is 17.5 Å². The van der Waals surface area contributed by atoms with E-state index in [2.05, 4.69) is 46.7 Å². The number of aromatic nitrogens is 4. The predicted molar refractivity (Wildman–Crippen MR) is 110 cm³/mol. The number of halogens is 1. The molecule has 0 saturated heterocycles. The number of para-hydroxylation sites is 1. The highest BCUT2D eigenvalue weighted by Crippen LogP contribution is 2.22. The monoisotopic (exact) mass is 393 g/mol. The first-order chi connectivity index (χ1) is 13.6. The topological polar surface area (TPSA) is 64.7 Å². The van der Waals surface area contributed by atoms with Gasteiger partial charge in [0.05, 0.1) is 30.5 Å². The Morgan fingerprint density at radius 3 is 2.75 bits per heavy atom. The van der Waals surface area contributed by atoms with Gasteiger partial charge in [0.15, 0.2) is 5.15 Å². The lowest BCUT2D eigenvalue weighted by molar-refractivity contribution is -0.116. The lowest BCUT2D eigenvalue weighted by Gasteiger charge is -2.05. The zero-order chi connectivity index (χ0) is 19.5. The molecule has 7 heteroatoms. The Bertz CT molecular complexity index is 1110. The highest BCUT2D eigenvalue weighted by Gasteiger charge is 2.10. The average Bonchev–Trinajstić information content (AvgIpc) is 3.26. The van der Waals surface area contributed by atoms with Gasteiger partial charge in [0.2, 0.25) is 5.91 Å². The Kier molecular flexibility index (Phi) is 5.12. The standard InChI is InChI=1S/C21H20ClN5O/c1-15-6-8-16(9-7-15)13-26-14-17(12-23-26)24-20(28)10-11-27-19-5-3-2-4-18(19)21(22)25-27/h2-9,12,14H,10-11,13H2,1H3,(H,24,28). The first-order valence-electron chi connectivity index (χ1n) is 9.07. The number of rotatable bonds is 6. The summed E-state index contributed by atoms with van der Waals surface area (Å²) >= 11 is 6.16. The first-order valence-corrected chi connectivity index (χ1v) is 9.45. The van der Waals surface area contributed by atoms with E-state index < -0.39 is 0 Å². The number of amides is 1. The highest BCUT2D eigenvalue weighted by molar-refractivity contribution is 6.34. The number of hydrogen-bond acceptors (Lipinski definition) is 3. The Labute approximate surface area is 167 Å². The summed E-state index contributed by atoms with van der Waals surface area (Å²) < 4.78 is 3.57. The molecule has 0 spiro atoms. The maximum Gasteiger partial charge on any atom is 0.226 e. The molecular weight excluding hydrogens is 374 g/mol. The van der Waals surface area contributed by atoms with E-state index in [-0.39, 0.29) is 5.91 Å². The average molecular weight is 394 g/mol. The van der Waals surface area contributed by atoms with Crippen molar-refractivity contribution in [2.24, 2.45) is 0 Å². The van der Waals surface area contributed by atoms with Crippen LogP contribution in [0.2, 0.25) is 5.15 Å². The van der Waals surface area contributed by atoms with Crippen molar-refractivity contribution in [2.45, 2.75) is 26.4 Å². The molecule has 28 heavy (non-hydrogen) atoms. The summed E-state index contributed by atoms with van der Waals surface area (Å²) in [7, 11) is 0. The van der Waals surface area contributed by atoms with Crippen molar-refractivity contribution in [3.8, 4) is 0 Å². The fraction of sp³-hybridized carbons (Fsp3) is 0.190. The summed E-state index contributed by atoms with van der Waals surface area (Å²) in [6, 6.07) is 16.0.